The summed E-state index contributed by atoms with van der Waals surface area (Å²) in [5.74, 6) is 0.216. The van der Waals surface area contributed by atoms with Gasteiger partial charge in [0, 0.05) is 37.7 Å². The summed E-state index contributed by atoms with van der Waals surface area (Å²) in [5.41, 5.74) is 2.23. The number of piperazine rings is 1. The molecule has 1 aliphatic heterocycles. The van der Waals surface area contributed by atoms with Crippen LogP contribution < -0.4 is 0 Å². The monoisotopic (exact) mass is 328 g/mol. The van der Waals surface area contributed by atoms with Crippen LogP contribution >= 0.6 is 11.6 Å². The van der Waals surface area contributed by atoms with E-state index in [0.29, 0.717) is 6.42 Å². The Morgan fingerprint density at radius 1 is 0.913 bits per heavy atom. The summed E-state index contributed by atoms with van der Waals surface area (Å²) in [7, 11) is 0. The Bertz CT molecular complexity index is 651. The summed E-state index contributed by atoms with van der Waals surface area (Å²) < 4.78 is 0. The van der Waals surface area contributed by atoms with Gasteiger partial charge in [-0.3, -0.25) is 9.69 Å². The third kappa shape index (κ3) is 4.34. The lowest BCUT2D eigenvalue weighted by Crippen LogP contribution is -2.48. The van der Waals surface area contributed by atoms with Crippen molar-refractivity contribution in [3.8, 4) is 0 Å². The van der Waals surface area contributed by atoms with Crippen LogP contribution in [0.3, 0.4) is 0 Å². The predicted molar refractivity (Wildman–Crippen MR) is 93.5 cm³/mol. The van der Waals surface area contributed by atoms with Crippen molar-refractivity contribution >= 4 is 17.5 Å². The Kier molecular flexibility index (Phi) is 5.31. The van der Waals surface area contributed by atoms with E-state index >= 15 is 0 Å². The Hall–Kier alpha value is -1.84. The molecule has 2 aromatic rings. The van der Waals surface area contributed by atoms with Crippen molar-refractivity contribution in [3.05, 3.63) is 70.7 Å². The van der Waals surface area contributed by atoms with Crippen LogP contribution in [-0.4, -0.2) is 41.9 Å². The van der Waals surface area contributed by atoms with E-state index in [1.165, 1.54) is 0 Å². The van der Waals surface area contributed by atoms with Crippen molar-refractivity contribution in [2.24, 2.45) is 0 Å². The smallest absolute Gasteiger partial charge is 0.227 e. The highest BCUT2D eigenvalue weighted by Crippen LogP contribution is 2.18. The van der Waals surface area contributed by atoms with E-state index in [0.717, 1.165) is 48.9 Å². The maximum absolute atomic E-state index is 12.4. The first-order valence-electron chi connectivity index (χ1n) is 8.00. The Labute approximate surface area is 142 Å². The number of benzene rings is 2. The molecule has 0 unspecified atom stereocenters. The fourth-order valence-corrected chi connectivity index (χ4v) is 3.10. The quantitative estimate of drug-likeness (QED) is 0.860. The molecule has 1 fully saturated rings. The first-order valence-corrected chi connectivity index (χ1v) is 8.37. The van der Waals surface area contributed by atoms with E-state index in [9.17, 15) is 4.79 Å². The van der Waals surface area contributed by atoms with Gasteiger partial charge in [0.05, 0.1) is 6.42 Å². The largest absolute Gasteiger partial charge is 0.340 e. The van der Waals surface area contributed by atoms with E-state index < -0.39 is 0 Å². The molecule has 0 radical (unpaired) electrons. The van der Waals surface area contributed by atoms with Gasteiger partial charge in [0.15, 0.2) is 0 Å². The molecule has 120 valence electrons. The molecular weight excluding hydrogens is 308 g/mol. The van der Waals surface area contributed by atoms with Gasteiger partial charge < -0.3 is 4.90 Å². The zero-order chi connectivity index (χ0) is 16.1. The van der Waals surface area contributed by atoms with Crippen LogP contribution in [0.25, 0.3) is 0 Å². The van der Waals surface area contributed by atoms with Crippen molar-refractivity contribution in [2.45, 2.75) is 13.0 Å². The van der Waals surface area contributed by atoms with Crippen LogP contribution in [-0.2, 0) is 17.8 Å². The number of carbonyl (C=O) groups excluding carboxylic acids is 1. The van der Waals surface area contributed by atoms with Crippen molar-refractivity contribution in [1.29, 1.82) is 0 Å². The molecule has 3 nitrogen and oxygen atoms in total. The number of nitrogens with zero attached hydrogens (tertiary/aromatic N) is 2. The summed E-state index contributed by atoms with van der Waals surface area (Å²) in [4.78, 5) is 16.7. The molecule has 1 aliphatic rings. The van der Waals surface area contributed by atoms with Gasteiger partial charge in [-0.25, -0.2) is 0 Å². The van der Waals surface area contributed by atoms with Gasteiger partial charge in [0.2, 0.25) is 5.91 Å². The van der Waals surface area contributed by atoms with E-state index in [2.05, 4.69) is 11.0 Å². The normalized spacial score (nSPS) is 15.6. The van der Waals surface area contributed by atoms with Gasteiger partial charge in [-0.05, 0) is 17.2 Å². The van der Waals surface area contributed by atoms with Crippen molar-refractivity contribution in [2.75, 3.05) is 26.2 Å². The molecule has 0 N–H and O–H groups in total. The Morgan fingerprint density at radius 2 is 1.57 bits per heavy atom. The Balaban J connectivity index is 1.50. The zero-order valence-corrected chi connectivity index (χ0v) is 13.9. The molecule has 0 aromatic heterocycles. The average molecular weight is 329 g/mol. The minimum atomic E-state index is 0.216. The van der Waals surface area contributed by atoms with Crippen LogP contribution in [0.4, 0.5) is 0 Å². The molecule has 1 saturated heterocycles. The second-order valence-corrected chi connectivity index (χ2v) is 6.32. The standard InChI is InChI=1S/C19H21ClN2O/c20-18-9-5-4-8-17(18)15-21-10-12-22(13-11-21)19(23)14-16-6-2-1-3-7-16/h1-9H,10-15H2. The molecule has 0 aliphatic carbocycles. The molecule has 1 amide bonds. The molecular formula is C19H21ClN2O. The molecule has 0 atom stereocenters. The maximum Gasteiger partial charge on any atom is 0.227 e. The van der Waals surface area contributed by atoms with E-state index in [4.69, 9.17) is 11.6 Å². The van der Waals surface area contributed by atoms with E-state index in [1.807, 2.05) is 53.4 Å². The minimum Gasteiger partial charge on any atom is -0.340 e. The third-order valence-electron chi connectivity index (χ3n) is 4.27. The fourth-order valence-electron chi connectivity index (χ4n) is 2.91. The van der Waals surface area contributed by atoms with Gasteiger partial charge in [0.25, 0.3) is 0 Å². The highest BCUT2D eigenvalue weighted by molar-refractivity contribution is 6.31. The summed E-state index contributed by atoms with van der Waals surface area (Å²) in [6.07, 6.45) is 0.491. The van der Waals surface area contributed by atoms with Crippen molar-refractivity contribution in [1.82, 2.24) is 9.80 Å². The number of carbonyl (C=O) groups is 1. The number of rotatable bonds is 4. The number of halogens is 1. The second kappa shape index (κ2) is 7.62. The summed E-state index contributed by atoms with van der Waals surface area (Å²) in [6, 6.07) is 17.9. The maximum atomic E-state index is 12.4. The third-order valence-corrected chi connectivity index (χ3v) is 4.64. The van der Waals surface area contributed by atoms with Crippen LogP contribution in [0.1, 0.15) is 11.1 Å². The van der Waals surface area contributed by atoms with Gasteiger partial charge in [0.1, 0.15) is 0 Å². The van der Waals surface area contributed by atoms with Gasteiger partial charge in [-0.1, -0.05) is 60.1 Å². The lowest BCUT2D eigenvalue weighted by molar-refractivity contribution is -0.132. The lowest BCUT2D eigenvalue weighted by atomic mass is 10.1. The molecule has 1 heterocycles. The van der Waals surface area contributed by atoms with Crippen LogP contribution in [0.2, 0.25) is 5.02 Å². The van der Waals surface area contributed by atoms with Gasteiger partial charge >= 0.3 is 0 Å². The van der Waals surface area contributed by atoms with E-state index in [-0.39, 0.29) is 5.91 Å². The molecule has 3 rings (SSSR count). The molecule has 4 heteroatoms. The van der Waals surface area contributed by atoms with Crippen LogP contribution in [0.5, 0.6) is 0 Å². The van der Waals surface area contributed by atoms with Crippen molar-refractivity contribution < 1.29 is 4.79 Å². The summed E-state index contributed by atoms with van der Waals surface area (Å²) in [5, 5.41) is 0.815. The first kappa shape index (κ1) is 16.0. The number of hydrogen-bond acceptors (Lipinski definition) is 2. The molecule has 2 aromatic carbocycles. The topological polar surface area (TPSA) is 23.6 Å². The minimum absolute atomic E-state index is 0.216. The molecule has 0 spiro atoms. The number of amides is 1. The summed E-state index contributed by atoms with van der Waals surface area (Å²) >= 11 is 6.22. The van der Waals surface area contributed by atoms with Crippen LogP contribution in [0.15, 0.2) is 54.6 Å². The molecule has 0 saturated carbocycles. The van der Waals surface area contributed by atoms with Crippen LogP contribution in [0, 0.1) is 0 Å². The summed E-state index contributed by atoms with van der Waals surface area (Å²) in [6.45, 7) is 4.21. The van der Waals surface area contributed by atoms with E-state index in [1.54, 1.807) is 0 Å². The average Bonchev–Trinajstić information content (AvgIpc) is 2.58. The second-order valence-electron chi connectivity index (χ2n) is 5.91. The van der Waals surface area contributed by atoms with Crippen molar-refractivity contribution in [3.63, 3.8) is 0 Å². The highest BCUT2D eigenvalue weighted by Gasteiger charge is 2.21. The zero-order valence-electron chi connectivity index (χ0n) is 13.1. The fraction of sp³-hybridized carbons (Fsp3) is 0.316. The number of hydrogen-bond donors (Lipinski definition) is 0. The first-order chi connectivity index (χ1) is 11.2. The SMILES string of the molecule is O=C(Cc1ccccc1)N1CCN(Cc2ccccc2Cl)CC1. The molecule has 23 heavy (non-hydrogen) atoms. The Morgan fingerprint density at radius 3 is 2.26 bits per heavy atom. The van der Waals surface area contributed by atoms with Gasteiger partial charge in [-0.2, -0.15) is 0 Å². The molecule has 0 bridgehead atoms. The van der Waals surface area contributed by atoms with Gasteiger partial charge in [-0.15, -0.1) is 0 Å². The highest BCUT2D eigenvalue weighted by atomic mass is 35.5. The predicted octanol–water partition coefficient (Wildman–Crippen LogP) is 3.23. The lowest BCUT2D eigenvalue weighted by Gasteiger charge is -2.35.